The summed E-state index contributed by atoms with van der Waals surface area (Å²) in [5.41, 5.74) is 0.923. The number of benzene rings is 1. The van der Waals surface area contributed by atoms with Crippen LogP contribution in [-0.4, -0.2) is 54.1 Å². The van der Waals surface area contributed by atoms with E-state index in [2.05, 4.69) is 10.2 Å². The number of amides is 1. The highest BCUT2D eigenvalue weighted by molar-refractivity contribution is 5.68. The highest BCUT2D eigenvalue weighted by Gasteiger charge is 2.25. The van der Waals surface area contributed by atoms with Crippen LogP contribution in [0.5, 0.6) is 0 Å². The van der Waals surface area contributed by atoms with Crippen molar-refractivity contribution in [1.82, 2.24) is 5.32 Å². The van der Waals surface area contributed by atoms with E-state index in [1.54, 1.807) is 26.8 Å². The van der Waals surface area contributed by atoms with Gasteiger partial charge in [-0.05, 0) is 60.1 Å². The maximum absolute atomic E-state index is 12.0. The van der Waals surface area contributed by atoms with Gasteiger partial charge in [0.25, 0.3) is 5.69 Å². The molecule has 0 bridgehead atoms. The largest absolute Gasteiger partial charge is 0.444 e. The Bertz CT molecular complexity index is 769. The molecule has 174 valence electrons. The summed E-state index contributed by atoms with van der Waals surface area (Å²) in [6.45, 7) is 14.6. The zero-order valence-electron chi connectivity index (χ0n) is 19.5. The van der Waals surface area contributed by atoms with Gasteiger partial charge >= 0.3 is 6.09 Å². The molecule has 1 N–H and O–H groups in total. The number of ether oxygens (including phenoxy) is 3. The lowest BCUT2D eigenvalue weighted by atomic mass is 10.1. The van der Waals surface area contributed by atoms with E-state index in [1.165, 1.54) is 6.07 Å². The normalized spacial score (nSPS) is 21.3. The van der Waals surface area contributed by atoms with Gasteiger partial charge in [0.2, 0.25) is 0 Å². The summed E-state index contributed by atoms with van der Waals surface area (Å²) in [5, 5.41) is 14.2. The number of anilines is 1. The van der Waals surface area contributed by atoms with Crippen LogP contribution in [-0.2, 0) is 20.8 Å². The molecule has 1 aliphatic heterocycles. The van der Waals surface area contributed by atoms with Crippen molar-refractivity contribution in [2.45, 2.75) is 85.0 Å². The number of nitrogens with one attached hydrogen (secondary N) is 1. The van der Waals surface area contributed by atoms with Crippen LogP contribution in [0, 0.1) is 10.1 Å². The smallest absolute Gasteiger partial charge is 0.407 e. The number of rotatable bonds is 7. The van der Waals surface area contributed by atoms with Crippen molar-refractivity contribution in [2.24, 2.45) is 0 Å². The van der Waals surface area contributed by atoms with E-state index in [1.807, 2.05) is 33.8 Å². The van der Waals surface area contributed by atoms with Crippen LogP contribution in [0.4, 0.5) is 16.2 Å². The fourth-order valence-corrected chi connectivity index (χ4v) is 3.40. The molecule has 1 fully saturated rings. The van der Waals surface area contributed by atoms with Gasteiger partial charge in [-0.2, -0.15) is 0 Å². The SMILES string of the molecule is C[C@@H]1CN(c2cc(CO[C@H](C)[C@@H](C)NC(=O)OC(C)(C)C)cc([N+](=O)[O-])c2)C[C@H](C)O1. The van der Waals surface area contributed by atoms with E-state index in [0.717, 1.165) is 5.69 Å². The van der Waals surface area contributed by atoms with Gasteiger partial charge in [-0.1, -0.05) is 0 Å². The number of nitro groups is 1. The van der Waals surface area contributed by atoms with Crippen molar-refractivity contribution in [3.63, 3.8) is 0 Å². The molecule has 4 atom stereocenters. The number of nitro benzene ring substituents is 1. The average molecular weight is 438 g/mol. The molecule has 2 rings (SSSR count). The van der Waals surface area contributed by atoms with Gasteiger partial charge in [-0.25, -0.2) is 4.79 Å². The molecule has 1 heterocycles. The molecule has 1 aromatic carbocycles. The second kappa shape index (κ2) is 10.3. The molecule has 1 saturated heterocycles. The van der Waals surface area contributed by atoms with E-state index in [9.17, 15) is 14.9 Å². The minimum absolute atomic E-state index is 0.0236. The van der Waals surface area contributed by atoms with Crippen molar-refractivity contribution in [3.8, 4) is 0 Å². The Morgan fingerprint density at radius 2 is 1.87 bits per heavy atom. The second-order valence-corrected chi connectivity index (χ2v) is 9.23. The van der Waals surface area contributed by atoms with Gasteiger partial charge in [0.15, 0.2) is 0 Å². The molecule has 0 aromatic heterocycles. The Morgan fingerprint density at radius 1 is 1.26 bits per heavy atom. The number of alkyl carbamates (subject to hydrolysis) is 1. The molecule has 0 saturated carbocycles. The van der Waals surface area contributed by atoms with Gasteiger partial charge in [0.05, 0.1) is 35.9 Å². The van der Waals surface area contributed by atoms with Crippen molar-refractivity contribution in [1.29, 1.82) is 0 Å². The van der Waals surface area contributed by atoms with Crippen LogP contribution in [0.3, 0.4) is 0 Å². The van der Waals surface area contributed by atoms with Gasteiger partial charge < -0.3 is 24.4 Å². The first-order valence-corrected chi connectivity index (χ1v) is 10.6. The van der Waals surface area contributed by atoms with Gasteiger partial charge in [0, 0.05) is 30.9 Å². The predicted molar refractivity (Wildman–Crippen MR) is 118 cm³/mol. The monoisotopic (exact) mass is 437 g/mol. The molecule has 0 unspecified atom stereocenters. The maximum Gasteiger partial charge on any atom is 0.407 e. The molecule has 9 heteroatoms. The van der Waals surface area contributed by atoms with Crippen LogP contribution in [0.1, 0.15) is 54.0 Å². The molecule has 1 amide bonds. The zero-order valence-corrected chi connectivity index (χ0v) is 19.5. The highest BCUT2D eigenvalue weighted by Crippen LogP contribution is 2.27. The third kappa shape index (κ3) is 7.99. The lowest BCUT2D eigenvalue weighted by molar-refractivity contribution is -0.384. The van der Waals surface area contributed by atoms with Crippen molar-refractivity contribution in [2.75, 3.05) is 18.0 Å². The minimum atomic E-state index is -0.582. The van der Waals surface area contributed by atoms with Crippen LogP contribution >= 0.6 is 0 Å². The molecule has 0 aliphatic carbocycles. The van der Waals surface area contributed by atoms with Gasteiger partial charge in [0.1, 0.15) is 5.60 Å². The molecule has 31 heavy (non-hydrogen) atoms. The van der Waals surface area contributed by atoms with Crippen LogP contribution in [0.15, 0.2) is 18.2 Å². The Balaban J connectivity index is 2.05. The van der Waals surface area contributed by atoms with E-state index >= 15 is 0 Å². The molecule has 0 radical (unpaired) electrons. The number of hydrogen-bond acceptors (Lipinski definition) is 7. The van der Waals surface area contributed by atoms with Gasteiger partial charge in [-0.15, -0.1) is 0 Å². The van der Waals surface area contributed by atoms with Gasteiger partial charge in [-0.3, -0.25) is 10.1 Å². The standard InChI is InChI=1S/C22H35N3O6/c1-14-11-24(12-15(2)30-14)19-8-18(9-20(10-19)25(27)28)13-29-17(4)16(3)23-21(26)31-22(5,6)7/h8-10,14-17H,11-13H2,1-7H3,(H,23,26)/t14-,15+,16-,17-/m1/s1. The van der Waals surface area contributed by atoms with Crippen LogP contribution in [0.2, 0.25) is 0 Å². The molecular formula is C22H35N3O6. The lowest BCUT2D eigenvalue weighted by Gasteiger charge is -2.37. The van der Waals surface area contributed by atoms with E-state index < -0.39 is 16.6 Å². The van der Waals surface area contributed by atoms with Crippen LogP contribution < -0.4 is 10.2 Å². The Hall–Kier alpha value is -2.39. The summed E-state index contributed by atoms with van der Waals surface area (Å²) >= 11 is 0. The van der Waals surface area contributed by atoms with Crippen molar-refractivity contribution >= 4 is 17.5 Å². The third-order valence-corrected chi connectivity index (χ3v) is 4.92. The molecule has 0 spiro atoms. The molecular weight excluding hydrogens is 402 g/mol. The summed E-state index contributed by atoms with van der Waals surface area (Å²) in [6, 6.07) is 4.73. The number of morpholine rings is 1. The predicted octanol–water partition coefficient (Wildman–Crippen LogP) is 4.03. The van der Waals surface area contributed by atoms with Crippen molar-refractivity contribution in [3.05, 3.63) is 33.9 Å². The van der Waals surface area contributed by atoms with E-state index in [4.69, 9.17) is 14.2 Å². The second-order valence-electron chi connectivity index (χ2n) is 9.23. The number of hydrogen-bond donors (Lipinski definition) is 1. The molecule has 1 aromatic rings. The summed E-state index contributed by atoms with van der Waals surface area (Å²) < 4.78 is 16.9. The van der Waals surface area contributed by atoms with Crippen molar-refractivity contribution < 1.29 is 23.9 Å². The highest BCUT2D eigenvalue weighted by atomic mass is 16.6. The molecule has 9 nitrogen and oxygen atoms in total. The number of nitrogens with zero attached hydrogens (tertiary/aromatic N) is 2. The fourth-order valence-electron chi connectivity index (χ4n) is 3.40. The number of non-ortho nitro benzene ring substituents is 1. The first-order chi connectivity index (χ1) is 14.3. The molecule has 1 aliphatic rings. The Kier molecular flexibility index (Phi) is 8.25. The summed E-state index contributed by atoms with van der Waals surface area (Å²) in [5.74, 6) is 0. The number of carbonyl (C=O) groups is 1. The van der Waals surface area contributed by atoms with E-state index in [0.29, 0.717) is 18.7 Å². The fraction of sp³-hybridized carbons (Fsp3) is 0.682. The summed E-state index contributed by atoms with van der Waals surface area (Å²) in [4.78, 5) is 25.1. The maximum atomic E-state index is 12.0. The minimum Gasteiger partial charge on any atom is -0.444 e. The van der Waals surface area contributed by atoms with Crippen LogP contribution in [0.25, 0.3) is 0 Å². The van der Waals surface area contributed by atoms with E-state index in [-0.39, 0.29) is 36.6 Å². The summed E-state index contributed by atoms with van der Waals surface area (Å²) in [6.07, 6.45) is -0.743. The quantitative estimate of drug-likeness (QED) is 0.507. The zero-order chi connectivity index (χ0) is 23.3. The topological polar surface area (TPSA) is 103 Å². The third-order valence-electron chi connectivity index (χ3n) is 4.92. The first kappa shape index (κ1) is 24.9. The summed E-state index contributed by atoms with van der Waals surface area (Å²) in [7, 11) is 0. The number of carbonyl (C=O) groups excluding carboxylic acids is 1. The Morgan fingerprint density at radius 3 is 2.42 bits per heavy atom. The first-order valence-electron chi connectivity index (χ1n) is 10.6. The average Bonchev–Trinajstić information content (AvgIpc) is 2.63. The lowest BCUT2D eigenvalue weighted by Crippen LogP contribution is -2.45. The Labute approximate surface area is 184 Å².